The normalized spacial score (nSPS) is 13.8. The molecule has 18 heavy (non-hydrogen) atoms. The summed E-state index contributed by atoms with van der Waals surface area (Å²) in [5, 5.41) is 7.22. The summed E-state index contributed by atoms with van der Waals surface area (Å²) in [7, 11) is -3.65. The first-order valence-corrected chi connectivity index (χ1v) is 7.84. The summed E-state index contributed by atoms with van der Waals surface area (Å²) in [5.74, 6) is 0. The Kier molecular flexibility index (Phi) is 4.04. The number of anilines is 1. The van der Waals surface area contributed by atoms with Crippen molar-refractivity contribution in [3.8, 4) is 0 Å². The van der Waals surface area contributed by atoms with E-state index in [1.54, 1.807) is 0 Å². The minimum absolute atomic E-state index is 0.0200. The minimum atomic E-state index is -3.65. The van der Waals surface area contributed by atoms with E-state index >= 15 is 0 Å². The molecule has 1 heterocycles. The van der Waals surface area contributed by atoms with Crippen LogP contribution in [0.1, 0.15) is 41.0 Å². The van der Waals surface area contributed by atoms with Gasteiger partial charge < -0.3 is 5.73 Å². The Balaban J connectivity index is 2.90. The first kappa shape index (κ1) is 15.3. The molecule has 3 N–H and O–H groups in total. The number of nitrogens with zero attached hydrogens (tertiary/aromatic N) is 2. The van der Waals surface area contributed by atoms with Crippen molar-refractivity contribution in [1.82, 2.24) is 14.9 Å². The van der Waals surface area contributed by atoms with Gasteiger partial charge in [0.2, 0.25) is 9.47 Å². The van der Waals surface area contributed by atoms with E-state index in [9.17, 15) is 8.42 Å². The first-order valence-electron chi connectivity index (χ1n) is 5.54. The molecule has 0 atom stereocenters. The molecule has 1 aromatic heterocycles. The number of hydrogen-bond acceptors (Lipinski definition) is 6. The first-order chi connectivity index (χ1) is 7.91. The Hall–Kier alpha value is -0.730. The van der Waals surface area contributed by atoms with Crippen molar-refractivity contribution in [2.24, 2.45) is 5.41 Å². The quantitative estimate of drug-likeness (QED) is 0.878. The van der Waals surface area contributed by atoms with E-state index in [-0.39, 0.29) is 14.9 Å². The molecule has 0 saturated heterocycles. The number of rotatable bonds is 4. The van der Waals surface area contributed by atoms with E-state index < -0.39 is 15.6 Å². The standard InChI is InChI=1S/C10H20N4O2S2/c1-9(2,3)6-10(4,5)14-18(15,16)8-13-12-7(11)17-8/h14H,6H2,1-5H3,(H2,11,12). The molecule has 0 fully saturated rings. The Morgan fingerprint density at radius 2 is 1.78 bits per heavy atom. The van der Waals surface area contributed by atoms with Crippen LogP contribution in [0.4, 0.5) is 5.13 Å². The van der Waals surface area contributed by atoms with Crippen LogP contribution in [0.25, 0.3) is 0 Å². The summed E-state index contributed by atoms with van der Waals surface area (Å²) < 4.78 is 26.7. The molecule has 0 aromatic carbocycles. The molecule has 104 valence electrons. The third kappa shape index (κ3) is 4.51. The third-order valence-corrected chi connectivity index (χ3v) is 4.85. The lowest BCUT2D eigenvalue weighted by atomic mass is 9.82. The Labute approximate surface area is 112 Å². The lowest BCUT2D eigenvalue weighted by Gasteiger charge is -2.32. The fourth-order valence-electron chi connectivity index (χ4n) is 2.10. The van der Waals surface area contributed by atoms with E-state index in [1.807, 2.05) is 13.8 Å². The number of nitrogens with one attached hydrogen (secondary N) is 1. The predicted molar refractivity (Wildman–Crippen MR) is 72.8 cm³/mol. The second kappa shape index (κ2) is 4.75. The van der Waals surface area contributed by atoms with Gasteiger partial charge >= 0.3 is 0 Å². The zero-order valence-electron chi connectivity index (χ0n) is 11.3. The van der Waals surface area contributed by atoms with Gasteiger partial charge in [-0.05, 0) is 25.7 Å². The van der Waals surface area contributed by atoms with Crippen LogP contribution in [0.5, 0.6) is 0 Å². The van der Waals surface area contributed by atoms with E-state index in [2.05, 4.69) is 35.7 Å². The van der Waals surface area contributed by atoms with E-state index in [1.165, 1.54) is 0 Å². The fraction of sp³-hybridized carbons (Fsp3) is 0.800. The number of sulfonamides is 1. The molecule has 0 aliphatic rings. The number of nitrogens with two attached hydrogens (primary N) is 1. The summed E-state index contributed by atoms with van der Waals surface area (Å²) in [6, 6.07) is 0. The van der Waals surface area contributed by atoms with Crippen molar-refractivity contribution >= 4 is 26.5 Å². The Morgan fingerprint density at radius 1 is 1.22 bits per heavy atom. The highest BCUT2D eigenvalue weighted by Crippen LogP contribution is 2.28. The second-order valence-electron chi connectivity index (χ2n) is 6.13. The molecule has 8 heteroatoms. The summed E-state index contributed by atoms with van der Waals surface area (Å²) in [4.78, 5) is 0. The van der Waals surface area contributed by atoms with Gasteiger partial charge in [-0.2, -0.15) is 0 Å². The van der Waals surface area contributed by atoms with Gasteiger partial charge in [0.1, 0.15) is 0 Å². The van der Waals surface area contributed by atoms with Gasteiger partial charge in [0.05, 0.1) is 0 Å². The summed E-state index contributed by atoms with van der Waals surface area (Å²) in [6.45, 7) is 9.88. The molecule has 0 amide bonds. The van der Waals surface area contributed by atoms with Gasteiger partial charge in [0, 0.05) is 5.54 Å². The highest BCUT2D eigenvalue weighted by Gasteiger charge is 2.32. The maximum absolute atomic E-state index is 12.1. The van der Waals surface area contributed by atoms with E-state index in [0.717, 1.165) is 11.3 Å². The van der Waals surface area contributed by atoms with Gasteiger partial charge in [-0.3, -0.25) is 0 Å². The van der Waals surface area contributed by atoms with Crippen LogP contribution >= 0.6 is 11.3 Å². The van der Waals surface area contributed by atoms with Gasteiger partial charge in [0.25, 0.3) is 10.0 Å². The van der Waals surface area contributed by atoms with Crippen molar-refractivity contribution in [2.75, 3.05) is 5.73 Å². The minimum Gasteiger partial charge on any atom is -0.374 e. The zero-order chi connectivity index (χ0) is 14.2. The summed E-state index contributed by atoms with van der Waals surface area (Å²) in [6.07, 6.45) is 0.702. The van der Waals surface area contributed by atoms with Crippen molar-refractivity contribution in [3.05, 3.63) is 0 Å². The molecule has 0 spiro atoms. The summed E-state index contributed by atoms with van der Waals surface area (Å²) in [5.41, 5.74) is 4.86. The van der Waals surface area contributed by atoms with Crippen LogP contribution < -0.4 is 10.5 Å². The maximum atomic E-state index is 12.1. The summed E-state index contributed by atoms with van der Waals surface area (Å²) >= 11 is 0.858. The molecular formula is C10H20N4O2S2. The molecule has 0 aliphatic carbocycles. The molecule has 1 rings (SSSR count). The van der Waals surface area contributed by atoms with E-state index in [4.69, 9.17) is 5.73 Å². The van der Waals surface area contributed by atoms with Gasteiger partial charge in [-0.25, -0.2) is 13.1 Å². The second-order valence-corrected chi connectivity index (χ2v) is 9.00. The van der Waals surface area contributed by atoms with Gasteiger partial charge in [-0.15, -0.1) is 10.2 Å². The van der Waals surface area contributed by atoms with Crippen LogP contribution in [0.15, 0.2) is 4.34 Å². The SMILES string of the molecule is CC(C)(C)CC(C)(C)NS(=O)(=O)c1nnc(N)s1. The molecule has 0 saturated carbocycles. The van der Waals surface area contributed by atoms with Gasteiger partial charge in [0.15, 0.2) is 0 Å². The lowest BCUT2D eigenvalue weighted by molar-refractivity contribution is 0.269. The van der Waals surface area contributed by atoms with Crippen LogP contribution in [-0.2, 0) is 10.0 Å². The van der Waals surface area contributed by atoms with E-state index in [0.29, 0.717) is 6.42 Å². The van der Waals surface area contributed by atoms with Crippen LogP contribution in [-0.4, -0.2) is 24.2 Å². The highest BCUT2D eigenvalue weighted by atomic mass is 32.2. The number of nitrogen functional groups attached to an aromatic ring is 1. The fourth-order valence-corrected chi connectivity index (χ4v) is 4.30. The average Bonchev–Trinajstić information content (AvgIpc) is 2.44. The molecule has 0 radical (unpaired) electrons. The lowest BCUT2D eigenvalue weighted by Crippen LogP contribution is -2.45. The van der Waals surface area contributed by atoms with Crippen molar-refractivity contribution < 1.29 is 8.42 Å². The van der Waals surface area contributed by atoms with Crippen molar-refractivity contribution in [3.63, 3.8) is 0 Å². The molecule has 6 nitrogen and oxygen atoms in total. The molecule has 0 bridgehead atoms. The predicted octanol–water partition coefficient (Wildman–Crippen LogP) is 1.61. The monoisotopic (exact) mass is 292 g/mol. The topological polar surface area (TPSA) is 98.0 Å². The molecule has 0 unspecified atom stereocenters. The molecule has 1 aromatic rings. The smallest absolute Gasteiger partial charge is 0.270 e. The van der Waals surface area contributed by atoms with Crippen LogP contribution in [0.2, 0.25) is 0 Å². The molecule has 0 aliphatic heterocycles. The van der Waals surface area contributed by atoms with Crippen molar-refractivity contribution in [2.45, 2.75) is 50.9 Å². The maximum Gasteiger partial charge on any atom is 0.270 e. The Bertz CT molecular complexity index is 514. The van der Waals surface area contributed by atoms with Crippen molar-refractivity contribution in [1.29, 1.82) is 0 Å². The van der Waals surface area contributed by atoms with Gasteiger partial charge in [-0.1, -0.05) is 32.1 Å². The zero-order valence-corrected chi connectivity index (χ0v) is 12.9. The van der Waals surface area contributed by atoms with Crippen LogP contribution in [0.3, 0.4) is 0 Å². The highest BCUT2D eigenvalue weighted by molar-refractivity contribution is 7.91. The number of aromatic nitrogens is 2. The average molecular weight is 292 g/mol. The number of hydrogen-bond donors (Lipinski definition) is 2. The third-order valence-electron chi connectivity index (χ3n) is 2.03. The largest absolute Gasteiger partial charge is 0.374 e. The van der Waals surface area contributed by atoms with Crippen LogP contribution in [0, 0.1) is 5.41 Å². The molecular weight excluding hydrogens is 272 g/mol. The Morgan fingerprint density at radius 3 is 2.17 bits per heavy atom.